The summed E-state index contributed by atoms with van der Waals surface area (Å²) in [4.78, 5) is 39.4. The van der Waals surface area contributed by atoms with Crippen molar-refractivity contribution in [1.29, 1.82) is 0 Å². The van der Waals surface area contributed by atoms with Gasteiger partial charge in [-0.2, -0.15) is 0 Å². The van der Waals surface area contributed by atoms with Crippen LogP contribution in [0.25, 0.3) is 0 Å². The van der Waals surface area contributed by atoms with Crippen LogP contribution in [0.15, 0.2) is 36.4 Å². The van der Waals surface area contributed by atoms with E-state index in [1.54, 1.807) is 0 Å². The molecule has 1 aliphatic rings. The van der Waals surface area contributed by atoms with E-state index >= 15 is 0 Å². The maximum atomic E-state index is 13.3. The lowest BCUT2D eigenvalue weighted by atomic mass is 9.88. The summed E-state index contributed by atoms with van der Waals surface area (Å²) >= 11 is 1.45. The maximum absolute atomic E-state index is 13.3. The molecule has 1 aliphatic carbocycles. The summed E-state index contributed by atoms with van der Waals surface area (Å²) in [5.74, 6) is 0.603. The summed E-state index contributed by atoms with van der Waals surface area (Å²) in [5.41, 5.74) is 5.67. The molecule has 0 bridgehead atoms. The van der Waals surface area contributed by atoms with E-state index in [0.717, 1.165) is 52.0 Å². The normalized spacial score (nSPS) is 14.1. The molecular weight excluding hydrogens is 540 g/mol. The molecule has 0 saturated carbocycles. The fourth-order valence-electron chi connectivity index (χ4n) is 5.02. The number of esters is 1. The highest BCUT2D eigenvalue weighted by Gasteiger charge is 2.28. The summed E-state index contributed by atoms with van der Waals surface area (Å²) in [6.45, 7) is 9.83. The van der Waals surface area contributed by atoms with E-state index in [9.17, 15) is 14.4 Å². The van der Waals surface area contributed by atoms with Crippen LogP contribution in [0.3, 0.4) is 0 Å². The van der Waals surface area contributed by atoms with Crippen molar-refractivity contribution in [3.63, 3.8) is 0 Å². The molecule has 8 nitrogen and oxygen atoms in total. The molecule has 0 aliphatic heterocycles. The van der Waals surface area contributed by atoms with Crippen LogP contribution in [-0.4, -0.2) is 44.1 Å². The zero-order valence-corrected chi connectivity index (χ0v) is 25.2. The van der Waals surface area contributed by atoms with E-state index in [-0.39, 0.29) is 38.2 Å². The highest BCUT2D eigenvalue weighted by molar-refractivity contribution is 7.17. The second-order valence-electron chi connectivity index (χ2n) is 10.8. The van der Waals surface area contributed by atoms with Gasteiger partial charge in [-0.25, -0.2) is 4.79 Å². The molecule has 0 saturated heterocycles. The van der Waals surface area contributed by atoms with Crippen LogP contribution in [0.5, 0.6) is 11.5 Å². The number of hydrogen-bond donors (Lipinski definition) is 2. The molecule has 9 heteroatoms. The third-order valence-corrected chi connectivity index (χ3v) is 7.93. The molecule has 218 valence electrons. The van der Waals surface area contributed by atoms with Crippen LogP contribution in [0.1, 0.15) is 56.4 Å². The van der Waals surface area contributed by atoms with Gasteiger partial charge in [-0.1, -0.05) is 19.1 Å². The van der Waals surface area contributed by atoms with Crippen molar-refractivity contribution in [1.82, 2.24) is 5.32 Å². The van der Waals surface area contributed by atoms with E-state index < -0.39 is 5.97 Å². The van der Waals surface area contributed by atoms with Crippen molar-refractivity contribution in [2.75, 3.05) is 31.7 Å². The summed E-state index contributed by atoms with van der Waals surface area (Å²) in [6, 6.07) is 11.5. The molecule has 2 N–H and O–H groups in total. The van der Waals surface area contributed by atoms with Gasteiger partial charge >= 0.3 is 5.97 Å². The summed E-state index contributed by atoms with van der Waals surface area (Å²) in [5, 5.41) is 6.27. The van der Waals surface area contributed by atoms with Gasteiger partial charge in [-0.3, -0.25) is 9.59 Å². The first-order chi connectivity index (χ1) is 19.6. The minimum absolute atomic E-state index is 0.00951. The van der Waals surface area contributed by atoms with E-state index in [0.29, 0.717) is 28.0 Å². The van der Waals surface area contributed by atoms with E-state index in [1.165, 1.54) is 11.3 Å². The zero-order valence-electron chi connectivity index (χ0n) is 24.3. The molecule has 1 aromatic heterocycles. The number of rotatable bonds is 11. The van der Waals surface area contributed by atoms with Gasteiger partial charge in [0.05, 0.1) is 12.1 Å². The topological polar surface area (TPSA) is 103 Å². The number of hydrogen-bond acceptors (Lipinski definition) is 7. The van der Waals surface area contributed by atoms with Crippen LogP contribution in [0.4, 0.5) is 5.00 Å². The number of ether oxygens (including phenoxy) is 3. The number of carbonyl (C=O) groups excluding carboxylic acids is 3. The second kappa shape index (κ2) is 13.7. The van der Waals surface area contributed by atoms with Gasteiger partial charge in [0.2, 0.25) is 0 Å². The summed E-state index contributed by atoms with van der Waals surface area (Å²) < 4.78 is 16.5. The number of anilines is 1. The van der Waals surface area contributed by atoms with Gasteiger partial charge in [0.15, 0.2) is 13.2 Å². The van der Waals surface area contributed by atoms with Gasteiger partial charge in [-0.05, 0) is 105 Å². The predicted octanol–water partition coefficient (Wildman–Crippen LogP) is 5.48. The molecule has 0 radical (unpaired) electrons. The van der Waals surface area contributed by atoms with Gasteiger partial charge in [0, 0.05) is 4.88 Å². The molecule has 0 fully saturated rings. The van der Waals surface area contributed by atoms with Gasteiger partial charge in [0.25, 0.3) is 11.8 Å². The smallest absolute Gasteiger partial charge is 0.344 e. The minimum Gasteiger partial charge on any atom is -0.484 e. The molecule has 1 atom stereocenters. The Hall–Kier alpha value is -3.85. The van der Waals surface area contributed by atoms with E-state index in [2.05, 4.69) is 17.6 Å². The monoisotopic (exact) mass is 578 g/mol. The third-order valence-electron chi connectivity index (χ3n) is 6.76. The van der Waals surface area contributed by atoms with Crippen LogP contribution in [-0.2, 0) is 27.2 Å². The second-order valence-corrected chi connectivity index (χ2v) is 11.9. The Labute approximate surface area is 245 Å². The Bertz CT molecular complexity index is 1390. The number of thiophene rings is 1. The van der Waals surface area contributed by atoms with E-state index in [1.807, 2.05) is 64.1 Å². The molecule has 1 heterocycles. The number of benzene rings is 2. The molecule has 1 unspecified atom stereocenters. The Balaban J connectivity index is 1.32. The first-order valence-corrected chi connectivity index (χ1v) is 14.7. The van der Waals surface area contributed by atoms with Crippen molar-refractivity contribution in [2.45, 2.75) is 53.9 Å². The molecular formula is C32H38N2O6S. The lowest BCUT2D eigenvalue weighted by Crippen LogP contribution is -2.30. The summed E-state index contributed by atoms with van der Waals surface area (Å²) in [6.07, 6.45) is 2.62. The zero-order chi connectivity index (χ0) is 29.5. The molecule has 3 aromatic rings. The Kier molecular flexibility index (Phi) is 10.0. The number of fused-ring (bicyclic) bond motifs is 1. The number of carbonyl (C=O) groups is 3. The first kappa shape index (κ1) is 30.1. The summed E-state index contributed by atoms with van der Waals surface area (Å²) in [7, 11) is 0. The number of nitrogens with one attached hydrogen (secondary N) is 2. The largest absolute Gasteiger partial charge is 0.484 e. The fraction of sp³-hybridized carbons (Fsp3) is 0.406. The standard InChI is InChI=1S/C32H38N2O6S/c1-19-6-7-26-27(16-19)41-32(34-28(35)17-39-24-12-20(2)10-21(3)13-24)30(26)31(37)33-8-9-38-29(36)18-40-25-14-22(4)11-23(5)15-25/h10-15,19H,6-9,16-18H2,1-5H3,(H,33,37)(H,34,35). The van der Waals surface area contributed by atoms with Crippen molar-refractivity contribution < 1.29 is 28.6 Å². The third kappa shape index (κ3) is 8.57. The molecule has 4 rings (SSSR count). The van der Waals surface area contributed by atoms with Crippen LogP contribution in [0, 0.1) is 33.6 Å². The predicted molar refractivity (Wildman–Crippen MR) is 160 cm³/mol. The Morgan fingerprint density at radius 3 is 2.07 bits per heavy atom. The van der Waals surface area contributed by atoms with Crippen molar-refractivity contribution >= 4 is 34.1 Å². The van der Waals surface area contributed by atoms with Crippen LogP contribution < -0.4 is 20.1 Å². The molecule has 2 amide bonds. The van der Waals surface area contributed by atoms with Gasteiger partial charge in [0.1, 0.15) is 23.1 Å². The lowest BCUT2D eigenvalue weighted by Gasteiger charge is -2.18. The van der Waals surface area contributed by atoms with Gasteiger partial charge < -0.3 is 24.8 Å². The van der Waals surface area contributed by atoms with Crippen LogP contribution in [0.2, 0.25) is 0 Å². The SMILES string of the molecule is Cc1cc(C)cc(OCC(=O)Nc2sc3c(c2C(=O)NCCOC(=O)COc2cc(C)cc(C)c2)CCC(C)C3)c1. The van der Waals surface area contributed by atoms with E-state index in [4.69, 9.17) is 14.2 Å². The quantitative estimate of drug-likeness (QED) is 0.231. The molecule has 2 aromatic carbocycles. The van der Waals surface area contributed by atoms with Crippen LogP contribution >= 0.6 is 11.3 Å². The highest BCUT2D eigenvalue weighted by atomic mass is 32.1. The number of amides is 2. The minimum atomic E-state index is -0.517. The first-order valence-electron chi connectivity index (χ1n) is 13.9. The lowest BCUT2D eigenvalue weighted by molar-refractivity contribution is -0.145. The highest BCUT2D eigenvalue weighted by Crippen LogP contribution is 2.39. The Morgan fingerprint density at radius 1 is 0.878 bits per heavy atom. The average Bonchev–Trinajstić information content (AvgIpc) is 3.24. The molecule has 0 spiro atoms. The van der Waals surface area contributed by atoms with Crippen molar-refractivity contribution in [3.05, 3.63) is 74.7 Å². The van der Waals surface area contributed by atoms with Crippen molar-refractivity contribution in [2.24, 2.45) is 5.92 Å². The van der Waals surface area contributed by atoms with Crippen molar-refractivity contribution in [3.8, 4) is 11.5 Å². The average molecular weight is 579 g/mol. The Morgan fingerprint density at radius 2 is 1.46 bits per heavy atom. The molecule has 41 heavy (non-hydrogen) atoms. The fourth-order valence-corrected chi connectivity index (χ4v) is 6.45. The number of aryl methyl sites for hydroxylation is 4. The maximum Gasteiger partial charge on any atom is 0.344 e. The van der Waals surface area contributed by atoms with Gasteiger partial charge in [-0.15, -0.1) is 11.3 Å².